The normalized spacial score (nSPS) is 27.8. The first kappa shape index (κ1) is 15.6. The molecule has 3 saturated heterocycles. The van der Waals surface area contributed by atoms with Crippen LogP contribution < -0.4 is 0 Å². The molecule has 4 heterocycles. The van der Waals surface area contributed by atoms with Crippen molar-refractivity contribution in [3.8, 4) is 0 Å². The lowest BCUT2D eigenvalue weighted by molar-refractivity contribution is -0.150. The number of hydrogen-bond donors (Lipinski definition) is 0. The van der Waals surface area contributed by atoms with Crippen LogP contribution in [0.2, 0.25) is 0 Å². The number of thiophene rings is 1. The molecule has 3 aliphatic heterocycles. The van der Waals surface area contributed by atoms with Crippen molar-refractivity contribution in [2.24, 2.45) is 0 Å². The molecule has 5 heteroatoms. The number of carbonyl (C=O) groups is 1. The highest BCUT2D eigenvalue weighted by Gasteiger charge is 2.45. The van der Waals surface area contributed by atoms with E-state index in [4.69, 9.17) is 4.74 Å². The average Bonchev–Trinajstić information content (AvgIpc) is 3.31. The van der Waals surface area contributed by atoms with Crippen molar-refractivity contribution in [2.75, 3.05) is 26.2 Å². The average molecular weight is 334 g/mol. The first-order valence-corrected chi connectivity index (χ1v) is 9.88. The topological polar surface area (TPSA) is 32.8 Å². The smallest absolute Gasteiger partial charge is 0.251 e. The number of rotatable bonds is 3. The monoisotopic (exact) mass is 334 g/mol. The highest BCUT2D eigenvalue weighted by atomic mass is 32.1. The maximum absolute atomic E-state index is 12.5. The zero-order chi connectivity index (χ0) is 15.7. The zero-order valence-corrected chi connectivity index (χ0v) is 14.5. The van der Waals surface area contributed by atoms with Gasteiger partial charge in [-0.05, 0) is 60.9 Å². The van der Waals surface area contributed by atoms with Gasteiger partial charge in [-0.1, -0.05) is 0 Å². The van der Waals surface area contributed by atoms with E-state index in [2.05, 4.69) is 21.7 Å². The quantitative estimate of drug-likeness (QED) is 0.852. The van der Waals surface area contributed by atoms with Gasteiger partial charge in [0.2, 0.25) is 0 Å². The van der Waals surface area contributed by atoms with Crippen molar-refractivity contribution in [1.82, 2.24) is 9.80 Å². The second-order valence-corrected chi connectivity index (χ2v) is 8.05. The molecule has 1 aromatic heterocycles. The van der Waals surface area contributed by atoms with E-state index in [-0.39, 0.29) is 17.6 Å². The third-order valence-corrected chi connectivity index (χ3v) is 6.43. The van der Waals surface area contributed by atoms with E-state index in [1.807, 2.05) is 4.90 Å². The summed E-state index contributed by atoms with van der Waals surface area (Å²) in [5, 5.41) is 4.39. The first-order chi connectivity index (χ1) is 11.2. The van der Waals surface area contributed by atoms with Crippen molar-refractivity contribution in [3.63, 3.8) is 0 Å². The maximum Gasteiger partial charge on any atom is 0.251 e. The Hall–Kier alpha value is -0.910. The molecule has 0 aliphatic carbocycles. The van der Waals surface area contributed by atoms with E-state index in [1.165, 1.54) is 5.56 Å². The number of hydrogen-bond acceptors (Lipinski definition) is 4. The van der Waals surface area contributed by atoms with E-state index >= 15 is 0 Å². The summed E-state index contributed by atoms with van der Waals surface area (Å²) in [6, 6.07) is 2.21. The standard InChI is InChI=1S/C18H26N2O2S/c21-17(20-8-1-2-9-20)16-3-5-18(22-16)6-10-19(11-7-18)13-15-4-12-23-14-15/h4,12,14,16H,1-3,5-11,13H2. The molecule has 126 valence electrons. The fourth-order valence-corrected chi connectivity index (χ4v) is 4.92. The molecule has 1 unspecified atom stereocenters. The molecule has 0 N–H and O–H groups in total. The third kappa shape index (κ3) is 3.32. The molecule has 3 fully saturated rings. The van der Waals surface area contributed by atoms with Crippen molar-refractivity contribution in [2.45, 2.75) is 56.8 Å². The minimum atomic E-state index is -0.170. The molecular formula is C18H26N2O2S. The Balaban J connectivity index is 1.30. The molecule has 0 bridgehead atoms. The van der Waals surface area contributed by atoms with Crippen molar-refractivity contribution in [3.05, 3.63) is 22.4 Å². The molecule has 3 aliphatic rings. The van der Waals surface area contributed by atoms with E-state index in [1.54, 1.807) is 11.3 Å². The van der Waals surface area contributed by atoms with Gasteiger partial charge in [0.25, 0.3) is 5.91 Å². The molecule has 0 radical (unpaired) electrons. The lowest BCUT2D eigenvalue weighted by Crippen LogP contribution is -2.45. The van der Waals surface area contributed by atoms with Gasteiger partial charge in [0, 0.05) is 32.7 Å². The summed E-state index contributed by atoms with van der Waals surface area (Å²) >= 11 is 1.77. The molecule has 1 atom stereocenters. The molecule has 0 saturated carbocycles. The van der Waals surface area contributed by atoms with Crippen molar-refractivity contribution in [1.29, 1.82) is 0 Å². The summed E-state index contributed by atoms with van der Waals surface area (Å²) in [5.74, 6) is 0.250. The highest BCUT2D eigenvalue weighted by Crippen LogP contribution is 2.39. The van der Waals surface area contributed by atoms with Gasteiger partial charge in [-0.3, -0.25) is 9.69 Å². The van der Waals surface area contributed by atoms with Crippen molar-refractivity contribution < 1.29 is 9.53 Å². The van der Waals surface area contributed by atoms with Gasteiger partial charge >= 0.3 is 0 Å². The second-order valence-electron chi connectivity index (χ2n) is 7.27. The van der Waals surface area contributed by atoms with E-state index < -0.39 is 0 Å². The number of ether oxygens (including phenoxy) is 1. The number of piperidine rings is 1. The minimum Gasteiger partial charge on any atom is -0.362 e. The molecule has 1 amide bonds. The van der Waals surface area contributed by atoms with Crippen LogP contribution in [0.15, 0.2) is 16.8 Å². The fraction of sp³-hybridized carbons (Fsp3) is 0.722. The van der Waals surface area contributed by atoms with Gasteiger partial charge in [-0.25, -0.2) is 0 Å². The van der Waals surface area contributed by atoms with Crippen LogP contribution in [0, 0.1) is 0 Å². The number of carbonyl (C=O) groups excluding carboxylic acids is 1. The zero-order valence-electron chi connectivity index (χ0n) is 13.7. The summed E-state index contributed by atoms with van der Waals surface area (Å²) in [4.78, 5) is 17.1. The molecule has 4 nitrogen and oxygen atoms in total. The van der Waals surface area contributed by atoms with Crippen LogP contribution in [0.4, 0.5) is 0 Å². The third-order valence-electron chi connectivity index (χ3n) is 5.70. The van der Waals surface area contributed by atoms with E-state index in [9.17, 15) is 4.79 Å². The van der Waals surface area contributed by atoms with Crippen LogP contribution in [0.5, 0.6) is 0 Å². The predicted molar refractivity (Wildman–Crippen MR) is 91.5 cm³/mol. The Morgan fingerprint density at radius 3 is 2.70 bits per heavy atom. The molecule has 1 spiro atoms. The Morgan fingerprint density at radius 1 is 1.22 bits per heavy atom. The Kier molecular flexibility index (Phi) is 4.43. The summed E-state index contributed by atoms with van der Waals surface area (Å²) in [6.45, 7) is 5.08. The minimum absolute atomic E-state index is 0.0226. The van der Waals surface area contributed by atoms with Gasteiger partial charge < -0.3 is 9.64 Å². The highest BCUT2D eigenvalue weighted by molar-refractivity contribution is 7.07. The molecule has 23 heavy (non-hydrogen) atoms. The molecule has 1 aromatic rings. The summed E-state index contributed by atoms with van der Waals surface area (Å²) in [7, 11) is 0. The van der Waals surface area contributed by atoms with Crippen LogP contribution >= 0.6 is 11.3 Å². The Bertz CT molecular complexity index is 531. The lowest BCUT2D eigenvalue weighted by Gasteiger charge is -2.39. The van der Waals surface area contributed by atoms with E-state index in [0.29, 0.717) is 0 Å². The van der Waals surface area contributed by atoms with Crippen LogP contribution in [-0.2, 0) is 16.1 Å². The van der Waals surface area contributed by atoms with Crippen molar-refractivity contribution >= 4 is 17.2 Å². The summed E-state index contributed by atoms with van der Waals surface area (Å²) in [6.07, 6.45) is 6.25. The summed E-state index contributed by atoms with van der Waals surface area (Å²) < 4.78 is 6.33. The van der Waals surface area contributed by atoms with Crippen LogP contribution in [0.1, 0.15) is 44.1 Å². The van der Waals surface area contributed by atoms with Gasteiger partial charge in [-0.15, -0.1) is 0 Å². The number of amides is 1. The SMILES string of the molecule is O=C(C1CCC2(CCN(Cc3ccsc3)CC2)O1)N1CCCC1. The van der Waals surface area contributed by atoms with Crippen LogP contribution in [-0.4, -0.2) is 53.6 Å². The predicted octanol–water partition coefficient (Wildman–Crippen LogP) is 2.88. The van der Waals surface area contributed by atoms with Gasteiger partial charge in [-0.2, -0.15) is 11.3 Å². The van der Waals surface area contributed by atoms with Gasteiger partial charge in [0.05, 0.1) is 5.60 Å². The molecular weight excluding hydrogens is 308 g/mol. The van der Waals surface area contributed by atoms with Crippen LogP contribution in [0.25, 0.3) is 0 Å². The molecule has 4 rings (SSSR count). The van der Waals surface area contributed by atoms with Gasteiger partial charge in [0.1, 0.15) is 6.10 Å². The van der Waals surface area contributed by atoms with Gasteiger partial charge in [0.15, 0.2) is 0 Å². The maximum atomic E-state index is 12.5. The second kappa shape index (κ2) is 6.54. The Labute approximate surface area is 142 Å². The summed E-state index contributed by atoms with van der Waals surface area (Å²) in [5.41, 5.74) is 1.39. The fourth-order valence-electron chi connectivity index (χ4n) is 4.26. The lowest BCUT2D eigenvalue weighted by atomic mass is 9.88. The van der Waals surface area contributed by atoms with E-state index in [0.717, 1.165) is 71.2 Å². The largest absolute Gasteiger partial charge is 0.362 e. The Morgan fingerprint density at radius 2 is 2.00 bits per heavy atom. The number of likely N-dealkylation sites (tertiary alicyclic amines) is 2. The number of nitrogens with zero attached hydrogens (tertiary/aromatic N) is 2. The first-order valence-electron chi connectivity index (χ1n) is 8.94. The van der Waals surface area contributed by atoms with Crippen LogP contribution in [0.3, 0.4) is 0 Å². The molecule has 0 aromatic carbocycles.